The van der Waals surface area contributed by atoms with E-state index in [1.165, 1.54) is 23.1 Å². The Bertz CT molecular complexity index is 957. The Balaban J connectivity index is 1.80. The lowest BCUT2D eigenvalue weighted by Crippen LogP contribution is -2.16. The maximum absolute atomic E-state index is 13.3. The molecule has 0 amide bonds. The summed E-state index contributed by atoms with van der Waals surface area (Å²) in [5, 5.41) is 4.05. The van der Waals surface area contributed by atoms with Crippen molar-refractivity contribution in [3.8, 4) is 0 Å². The molecule has 3 rings (SSSR count). The van der Waals surface area contributed by atoms with Gasteiger partial charge in [0.25, 0.3) is 16.0 Å². The molecule has 7 nitrogen and oxygen atoms in total. The third kappa shape index (κ3) is 3.57. The molecule has 9 heteroatoms. The van der Waals surface area contributed by atoms with E-state index in [4.69, 9.17) is 0 Å². The maximum atomic E-state index is 13.3. The largest absolute Gasteiger partial charge is 0.264 e. The average molecular weight is 347 g/mol. The molecule has 0 aliphatic heterocycles. The second-order valence-electron chi connectivity index (χ2n) is 5.10. The molecule has 2 heterocycles. The van der Waals surface area contributed by atoms with E-state index < -0.39 is 15.8 Å². The first-order chi connectivity index (χ1) is 11.4. The fourth-order valence-corrected chi connectivity index (χ4v) is 3.32. The highest BCUT2D eigenvalue weighted by molar-refractivity contribution is 7.92. The van der Waals surface area contributed by atoms with Gasteiger partial charge in [-0.3, -0.25) is 4.98 Å². The summed E-state index contributed by atoms with van der Waals surface area (Å²) < 4.78 is 41.8. The van der Waals surface area contributed by atoms with E-state index in [1.807, 2.05) is 12.1 Å². The molecular formula is C15H14FN5O2S. The minimum absolute atomic E-state index is 0.0883. The van der Waals surface area contributed by atoms with Crippen LogP contribution in [0.1, 0.15) is 11.3 Å². The number of aryl methyl sites for hydroxylation is 1. The highest BCUT2D eigenvalue weighted by Gasteiger charge is 2.19. The first-order valence-corrected chi connectivity index (χ1v) is 8.51. The summed E-state index contributed by atoms with van der Waals surface area (Å²) in [6.07, 6.45) is 3.05. The molecule has 124 valence electrons. The average Bonchev–Trinajstić information content (AvgIpc) is 2.97. The number of sulfonamides is 1. The standard InChI is InChI=1S/C15H14FN5O2S/c1-11-5-6-12(16)8-14(11)24(22,23)20-15-18-10-21(19-15)9-13-4-2-3-7-17-13/h2-8,10H,9H2,1H3,(H,19,20). The van der Waals surface area contributed by atoms with E-state index in [2.05, 4.69) is 19.8 Å². The van der Waals surface area contributed by atoms with Crippen LogP contribution >= 0.6 is 0 Å². The predicted molar refractivity (Wildman–Crippen MR) is 85.3 cm³/mol. The number of nitrogens with zero attached hydrogens (tertiary/aromatic N) is 4. The van der Waals surface area contributed by atoms with Gasteiger partial charge in [0, 0.05) is 6.20 Å². The summed E-state index contributed by atoms with van der Waals surface area (Å²) in [6, 6.07) is 9.02. The van der Waals surface area contributed by atoms with Gasteiger partial charge in [0.05, 0.1) is 17.1 Å². The third-order valence-electron chi connectivity index (χ3n) is 3.25. The fraction of sp³-hybridized carbons (Fsp3) is 0.133. The zero-order valence-corrected chi connectivity index (χ0v) is 13.5. The lowest BCUT2D eigenvalue weighted by atomic mass is 10.2. The second kappa shape index (κ2) is 6.36. The molecule has 0 bridgehead atoms. The molecule has 0 fully saturated rings. The topological polar surface area (TPSA) is 89.8 Å². The van der Waals surface area contributed by atoms with Crippen molar-refractivity contribution in [1.82, 2.24) is 19.7 Å². The van der Waals surface area contributed by atoms with Crippen molar-refractivity contribution in [2.75, 3.05) is 4.72 Å². The Morgan fingerprint density at radius 3 is 2.79 bits per heavy atom. The number of benzene rings is 1. The first kappa shape index (κ1) is 16.1. The zero-order chi connectivity index (χ0) is 17.2. The molecule has 0 spiro atoms. The number of hydrogen-bond donors (Lipinski definition) is 1. The Kier molecular flexibility index (Phi) is 4.26. The van der Waals surface area contributed by atoms with Crippen LogP contribution in [0.4, 0.5) is 10.3 Å². The molecule has 0 saturated heterocycles. The fourth-order valence-electron chi connectivity index (χ4n) is 2.11. The molecule has 0 radical (unpaired) electrons. The van der Waals surface area contributed by atoms with Gasteiger partial charge in [0.2, 0.25) is 0 Å². The first-order valence-electron chi connectivity index (χ1n) is 7.02. The van der Waals surface area contributed by atoms with E-state index in [-0.39, 0.29) is 10.8 Å². The van der Waals surface area contributed by atoms with Crippen molar-refractivity contribution >= 4 is 16.0 Å². The van der Waals surface area contributed by atoms with E-state index in [0.717, 1.165) is 11.8 Å². The van der Waals surface area contributed by atoms with Crippen LogP contribution in [0.2, 0.25) is 0 Å². The molecule has 24 heavy (non-hydrogen) atoms. The Morgan fingerprint density at radius 1 is 1.21 bits per heavy atom. The van der Waals surface area contributed by atoms with E-state index in [1.54, 1.807) is 19.2 Å². The monoisotopic (exact) mass is 347 g/mol. The minimum Gasteiger partial charge on any atom is -0.259 e. The Morgan fingerprint density at radius 2 is 2.04 bits per heavy atom. The molecule has 3 aromatic rings. The number of rotatable bonds is 5. The van der Waals surface area contributed by atoms with E-state index >= 15 is 0 Å². The normalized spacial score (nSPS) is 11.4. The van der Waals surface area contributed by atoms with Gasteiger partial charge in [0.1, 0.15) is 12.1 Å². The lowest BCUT2D eigenvalue weighted by Gasteiger charge is -2.07. The quantitative estimate of drug-likeness (QED) is 0.762. The predicted octanol–water partition coefficient (Wildman–Crippen LogP) is 1.97. The van der Waals surface area contributed by atoms with Gasteiger partial charge in [-0.05, 0) is 36.8 Å². The van der Waals surface area contributed by atoms with Gasteiger partial charge in [-0.15, -0.1) is 5.10 Å². The smallest absolute Gasteiger partial charge is 0.259 e. The van der Waals surface area contributed by atoms with Crippen LogP contribution in [0.25, 0.3) is 0 Å². The van der Waals surface area contributed by atoms with E-state index in [0.29, 0.717) is 12.1 Å². The number of aromatic nitrogens is 4. The van der Waals surface area contributed by atoms with Crippen molar-refractivity contribution in [3.05, 3.63) is 66.0 Å². The van der Waals surface area contributed by atoms with Crippen LogP contribution < -0.4 is 4.72 Å². The SMILES string of the molecule is Cc1ccc(F)cc1S(=O)(=O)Nc1ncn(Cc2ccccn2)n1. The molecule has 1 aromatic carbocycles. The van der Waals surface area contributed by atoms with Crippen LogP contribution in [-0.4, -0.2) is 28.2 Å². The second-order valence-corrected chi connectivity index (χ2v) is 6.75. The number of hydrogen-bond acceptors (Lipinski definition) is 5. The molecule has 0 aliphatic carbocycles. The maximum Gasteiger partial charge on any atom is 0.264 e. The zero-order valence-electron chi connectivity index (χ0n) is 12.7. The van der Waals surface area contributed by atoms with Crippen molar-refractivity contribution in [2.45, 2.75) is 18.4 Å². The van der Waals surface area contributed by atoms with E-state index in [9.17, 15) is 12.8 Å². The molecule has 0 aliphatic rings. The summed E-state index contributed by atoms with van der Waals surface area (Å²) in [5.41, 5.74) is 1.19. The van der Waals surface area contributed by atoms with Gasteiger partial charge >= 0.3 is 0 Å². The summed E-state index contributed by atoms with van der Waals surface area (Å²) in [7, 11) is -3.97. The van der Waals surface area contributed by atoms with Crippen LogP contribution in [0.5, 0.6) is 0 Å². The van der Waals surface area contributed by atoms with Gasteiger partial charge in [0.15, 0.2) is 0 Å². The van der Waals surface area contributed by atoms with Crippen molar-refractivity contribution < 1.29 is 12.8 Å². The van der Waals surface area contributed by atoms with Crippen molar-refractivity contribution in [2.24, 2.45) is 0 Å². The van der Waals surface area contributed by atoms with Gasteiger partial charge in [-0.25, -0.2) is 22.2 Å². The van der Waals surface area contributed by atoms with Gasteiger partial charge < -0.3 is 0 Å². The number of nitrogens with one attached hydrogen (secondary N) is 1. The van der Waals surface area contributed by atoms with Gasteiger partial charge in [-0.1, -0.05) is 12.1 Å². The highest BCUT2D eigenvalue weighted by atomic mass is 32.2. The number of anilines is 1. The van der Waals surface area contributed by atoms with Crippen LogP contribution in [0, 0.1) is 12.7 Å². The van der Waals surface area contributed by atoms with Crippen molar-refractivity contribution in [1.29, 1.82) is 0 Å². The number of pyridine rings is 1. The summed E-state index contributed by atoms with van der Waals surface area (Å²) >= 11 is 0. The Labute approximate surface area is 138 Å². The molecule has 1 N–H and O–H groups in total. The molecule has 0 unspecified atom stereocenters. The van der Waals surface area contributed by atoms with Crippen molar-refractivity contribution in [3.63, 3.8) is 0 Å². The molecule has 0 atom stereocenters. The van der Waals surface area contributed by atoms with Crippen LogP contribution in [0.15, 0.2) is 53.8 Å². The summed E-state index contributed by atoms with van der Waals surface area (Å²) in [6.45, 7) is 1.94. The van der Waals surface area contributed by atoms with Crippen LogP contribution in [-0.2, 0) is 16.6 Å². The molecular weight excluding hydrogens is 333 g/mol. The summed E-state index contributed by atoms with van der Waals surface area (Å²) in [4.78, 5) is 7.92. The van der Waals surface area contributed by atoms with Crippen LogP contribution in [0.3, 0.4) is 0 Å². The Hall–Kier alpha value is -2.81. The summed E-state index contributed by atoms with van der Waals surface area (Å²) in [5.74, 6) is -0.718. The lowest BCUT2D eigenvalue weighted by molar-refractivity contribution is 0.593. The minimum atomic E-state index is -3.97. The third-order valence-corrected chi connectivity index (χ3v) is 4.72. The molecule has 2 aromatic heterocycles. The number of halogens is 1. The highest BCUT2D eigenvalue weighted by Crippen LogP contribution is 2.18. The van der Waals surface area contributed by atoms with Gasteiger partial charge in [-0.2, -0.15) is 4.98 Å². The molecule has 0 saturated carbocycles.